The minimum Gasteiger partial charge on any atom is -0.467 e. The molecule has 3 N–H and O–H groups in total. The van der Waals surface area contributed by atoms with Gasteiger partial charge in [0.25, 0.3) is 0 Å². The third-order valence-corrected chi connectivity index (χ3v) is 2.64. The van der Waals surface area contributed by atoms with Crippen molar-refractivity contribution < 1.29 is 4.74 Å². The van der Waals surface area contributed by atoms with Crippen LogP contribution in [0.15, 0.2) is 34.6 Å². The number of nitrogens with two attached hydrogens (primary N) is 1. The summed E-state index contributed by atoms with van der Waals surface area (Å²) in [5.41, 5.74) is 2.36. The summed E-state index contributed by atoms with van der Waals surface area (Å²) in [6.07, 6.45) is 3.39. The highest BCUT2D eigenvalue weighted by molar-refractivity contribution is 7.99. The van der Waals surface area contributed by atoms with Crippen LogP contribution in [0.3, 0.4) is 0 Å². The average molecular weight is 250 g/mol. The van der Waals surface area contributed by atoms with Crippen LogP contribution in [0.1, 0.15) is 0 Å². The van der Waals surface area contributed by atoms with Crippen LogP contribution < -0.4 is 16.0 Å². The topological polar surface area (TPSA) is 98.8 Å². The molecule has 2 aromatic heterocycles. The maximum Gasteiger partial charge on any atom is 0.322 e. The highest BCUT2D eigenvalue weighted by Gasteiger charge is 2.07. The number of nitrogens with zero attached hydrogens (tertiary/aromatic N) is 4. The van der Waals surface area contributed by atoms with E-state index in [2.05, 4.69) is 25.4 Å². The van der Waals surface area contributed by atoms with Crippen molar-refractivity contribution >= 4 is 17.7 Å². The van der Waals surface area contributed by atoms with Crippen molar-refractivity contribution in [1.82, 2.24) is 19.9 Å². The van der Waals surface area contributed by atoms with Gasteiger partial charge in [0.05, 0.1) is 7.11 Å². The zero-order valence-electron chi connectivity index (χ0n) is 8.99. The number of hydrogen-bond donors (Lipinski definition) is 2. The lowest BCUT2D eigenvalue weighted by Crippen LogP contribution is -2.12. The molecule has 0 aliphatic carbocycles. The Hall–Kier alpha value is -1.93. The lowest BCUT2D eigenvalue weighted by Gasteiger charge is -2.04. The van der Waals surface area contributed by atoms with Gasteiger partial charge in [-0.25, -0.2) is 5.84 Å². The first-order valence-corrected chi connectivity index (χ1v) is 5.48. The van der Waals surface area contributed by atoms with E-state index in [1.807, 2.05) is 12.1 Å². The van der Waals surface area contributed by atoms with Crippen LogP contribution in [-0.2, 0) is 0 Å². The third kappa shape index (κ3) is 3.02. The van der Waals surface area contributed by atoms with Gasteiger partial charge < -0.3 is 4.74 Å². The van der Waals surface area contributed by atoms with Crippen molar-refractivity contribution in [2.45, 2.75) is 10.1 Å². The monoisotopic (exact) mass is 250 g/mol. The first-order chi connectivity index (χ1) is 8.31. The predicted molar refractivity (Wildman–Crippen MR) is 62.5 cm³/mol. The van der Waals surface area contributed by atoms with E-state index in [0.717, 1.165) is 4.90 Å². The van der Waals surface area contributed by atoms with E-state index in [9.17, 15) is 0 Å². The van der Waals surface area contributed by atoms with Crippen molar-refractivity contribution in [3.05, 3.63) is 24.5 Å². The van der Waals surface area contributed by atoms with Gasteiger partial charge in [-0.3, -0.25) is 10.4 Å². The molecular formula is C9H10N6OS. The molecule has 0 fully saturated rings. The van der Waals surface area contributed by atoms with Gasteiger partial charge >= 0.3 is 6.01 Å². The van der Waals surface area contributed by atoms with E-state index in [1.54, 1.807) is 12.4 Å². The molecule has 7 nitrogen and oxygen atoms in total. The summed E-state index contributed by atoms with van der Waals surface area (Å²) in [6.45, 7) is 0. The normalized spacial score (nSPS) is 10.0. The number of nitrogens with one attached hydrogen (secondary N) is 1. The molecule has 17 heavy (non-hydrogen) atoms. The molecule has 0 saturated heterocycles. The second-order valence-corrected chi connectivity index (χ2v) is 3.90. The number of methoxy groups -OCH3 is 1. The Bertz CT molecular complexity index is 472. The molecule has 0 atom stereocenters. The first kappa shape index (κ1) is 11.6. The molecule has 0 aromatic carbocycles. The Morgan fingerprint density at radius 3 is 2.65 bits per heavy atom. The first-order valence-electron chi connectivity index (χ1n) is 4.66. The maximum atomic E-state index is 5.26. The molecule has 0 bridgehead atoms. The van der Waals surface area contributed by atoms with E-state index < -0.39 is 0 Å². The van der Waals surface area contributed by atoms with Crippen molar-refractivity contribution in [3.8, 4) is 6.01 Å². The number of rotatable bonds is 4. The summed E-state index contributed by atoms with van der Waals surface area (Å²) in [5.74, 6) is 5.52. The minimum atomic E-state index is 0.213. The smallest absolute Gasteiger partial charge is 0.322 e. The Morgan fingerprint density at radius 2 is 2.00 bits per heavy atom. The fraction of sp³-hybridized carbons (Fsp3) is 0.111. The molecule has 0 amide bonds. The highest BCUT2D eigenvalue weighted by Crippen LogP contribution is 2.25. The molecule has 8 heteroatoms. The Balaban J connectivity index is 2.26. The van der Waals surface area contributed by atoms with Crippen molar-refractivity contribution in [2.24, 2.45) is 5.84 Å². The van der Waals surface area contributed by atoms with Gasteiger partial charge in [-0.2, -0.15) is 15.0 Å². The molecule has 0 saturated carbocycles. The standard InChI is InChI=1S/C9H10N6OS/c1-16-8-12-7(15-10)13-9(14-8)17-6-2-4-11-5-3-6/h2-5H,10H2,1H3,(H,12,13,14,15). The van der Waals surface area contributed by atoms with E-state index in [-0.39, 0.29) is 12.0 Å². The van der Waals surface area contributed by atoms with E-state index >= 15 is 0 Å². The van der Waals surface area contributed by atoms with E-state index in [0.29, 0.717) is 5.16 Å². The summed E-state index contributed by atoms with van der Waals surface area (Å²) >= 11 is 1.37. The Kier molecular flexibility index (Phi) is 3.68. The number of aromatic nitrogens is 4. The fourth-order valence-electron chi connectivity index (χ4n) is 1.05. The number of anilines is 1. The number of pyridine rings is 1. The summed E-state index contributed by atoms with van der Waals surface area (Å²) in [6, 6.07) is 3.93. The zero-order chi connectivity index (χ0) is 12.1. The van der Waals surface area contributed by atoms with Crippen LogP contribution >= 0.6 is 11.8 Å². The van der Waals surface area contributed by atoms with Crippen molar-refractivity contribution in [1.29, 1.82) is 0 Å². The van der Waals surface area contributed by atoms with E-state index in [4.69, 9.17) is 10.6 Å². The molecule has 0 aliphatic rings. The van der Waals surface area contributed by atoms with Crippen molar-refractivity contribution in [3.63, 3.8) is 0 Å². The number of hydrazine groups is 1. The third-order valence-electron chi connectivity index (χ3n) is 1.76. The number of hydrogen-bond acceptors (Lipinski definition) is 8. The molecule has 88 valence electrons. The molecule has 2 rings (SSSR count). The van der Waals surface area contributed by atoms with Gasteiger partial charge in [-0.15, -0.1) is 0 Å². The zero-order valence-corrected chi connectivity index (χ0v) is 9.81. The largest absolute Gasteiger partial charge is 0.467 e. The fourth-order valence-corrected chi connectivity index (χ4v) is 1.78. The van der Waals surface area contributed by atoms with Gasteiger partial charge in [0.15, 0.2) is 0 Å². The second kappa shape index (κ2) is 5.41. The van der Waals surface area contributed by atoms with Gasteiger partial charge in [0.2, 0.25) is 11.1 Å². The van der Waals surface area contributed by atoms with Crippen molar-refractivity contribution in [2.75, 3.05) is 12.5 Å². The Labute approximate surface area is 102 Å². The van der Waals surface area contributed by atoms with Gasteiger partial charge in [-0.1, -0.05) is 0 Å². The van der Waals surface area contributed by atoms with Crippen LogP contribution in [0.4, 0.5) is 5.95 Å². The molecular weight excluding hydrogens is 240 g/mol. The summed E-state index contributed by atoms with van der Waals surface area (Å²) in [5, 5.41) is 0.496. The summed E-state index contributed by atoms with van der Waals surface area (Å²) < 4.78 is 4.95. The number of ether oxygens (including phenoxy) is 1. The predicted octanol–water partition coefficient (Wildman–Crippen LogP) is 0.712. The molecule has 0 radical (unpaired) electrons. The average Bonchev–Trinajstić information content (AvgIpc) is 2.39. The molecule has 0 unspecified atom stereocenters. The lowest BCUT2D eigenvalue weighted by atomic mass is 10.5. The second-order valence-electron chi connectivity index (χ2n) is 2.86. The summed E-state index contributed by atoms with van der Waals surface area (Å²) in [4.78, 5) is 17.0. The van der Waals surface area contributed by atoms with Gasteiger partial charge in [0.1, 0.15) is 0 Å². The highest BCUT2D eigenvalue weighted by atomic mass is 32.2. The van der Waals surface area contributed by atoms with Crippen LogP contribution in [0, 0.1) is 0 Å². The van der Waals surface area contributed by atoms with Gasteiger partial charge in [0, 0.05) is 17.3 Å². The molecule has 0 aliphatic heterocycles. The van der Waals surface area contributed by atoms with Crippen LogP contribution in [-0.4, -0.2) is 27.0 Å². The van der Waals surface area contributed by atoms with Crippen LogP contribution in [0.2, 0.25) is 0 Å². The molecule has 2 aromatic rings. The minimum absolute atomic E-state index is 0.213. The van der Waals surface area contributed by atoms with Crippen LogP contribution in [0.5, 0.6) is 6.01 Å². The van der Waals surface area contributed by atoms with Gasteiger partial charge in [-0.05, 0) is 23.9 Å². The molecule has 2 heterocycles. The Morgan fingerprint density at radius 1 is 1.24 bits per heavy atom. The maximum absolute atomic E-state index is 5.26. The SMILES string of the molecule is COc1nc(NN)nc(Sc2ccncc2)n1. The van der Waals surface area contributed by atoms with E-state index in [1.165, 1.54) is 18.9 Å². The molecule has 0 spiro atoms. The summed E-state index contributed by atoms with van der Waals surface area (Å²) in [7, 11) is 1.48. The quantitative estimate of drug-likeness (QED) is 0.604. The lowest BCUT2D eigenvalue weighted by molar-refractivity contribution is 0.373. The number of nitrogen functional groups attached to an aromatic ring is 1. The van der Waals surface area contributed by atoms with Crippen LogP contribution in [0.25, 0.3) is 0 Å².